The van der Waals surface area contributed by atoms with Gasteiger partial charge in [0.05, 0.1) is 6.54 Å². The average Bonchev–Trinajstić information content (AvgIpc) is 3.42. The van der Waals surface area contributed by atoms with Gasteiger partial charge in [0.2, 0.25) is 5.91 Å². The molecular weight excluding hydrogens is 344 g/mol. The first kappa shape index (κ1) is 18.5. The first-order valence-corrected chi connectivity index (χ1v) is 10.5. The van der Waals surface area contributed by atoms with Crippen molar-refractivity contribution in [3.63, 3.8) is 0 Å². The van der Waals surface area contributed by atoms with Gasteiger partial charge < -0.3 is 19.6 Å². The summed E-state index contributed by atoms with van der Waals surface area (Å²) in [5, 5.41) is 6.96. The van der Waals surface area contributed by atoms with Crippen LogP contribution in [-0.4, -0.2) is 59.5 Å². The Kier molecular flexibility index (Phi) is 5.76. The number of hydrogen-bond acceptors (Lipinski definition) is 5. The Labute approximate surface area is 160 Å². The molecule has 2 aliphatic heterocycles. The third-order valence-corrected chi connectivity index (χ3v) is 6.25. The fourth-order valence-electron chi connectivity index (χ4n) is 4.61. The summed E-state index contributed by atoms with van der Waals surface area (Å²) in [6, 6.07) is 0. The van der Waals surface area contributed by atoms with Crippen LogP contribution in [0.25, 0.3) is 0 Å². The molecule has 2 fully saturated rings. The van der Waals surface area contributed by atoms with E-state index in [1.165, 1.54) is 38.5 Å². The summed E-state index contributed by atoms with van der Waals surface area (Å²) in [5.74, 6) is 1.30. The molecule has 0 bridgehead atoms. The lowest BCUT2D eigenvalue weighted by molar-refractivity contribution is -0.133. The predicted molar refractivity (Wildman–Crippen MR) is 100 cm³/mol. The van der Waals surface area contributed by atoms with E-state index < -0.39 is 0 Å². The Morgan fingerprint density at radius 1 is 1.11 bits per heavy atom. The van der Waals surface area contributed by atoms with Gasteiger partial charge in [-0.2, -0.15) is 0 Å². The molecule has 1 saturated carbocycles. The maximum Gasteiger partial charge on any atom is 0.273 e. The smallest absolute Gasteiger partial charge is 0.273 e. The maximum atomic E-state index is 12.7. The van der Waals surface area contributed by atoms with Gasteiger partial charge in [0.25, 0.3) is 5.91 Å². The number of carbonyl (C=O) groups excluding carboxylic acids is 2. The first-order chi connectivity index (χ1) is 13.2. The molecule has 2 amide bonds. The number of amides is 2. The van der Waals surface area contributed by atoms with Crippen LogP contribution in [0.4, 0.5) is 0 Å². The molecule has 3 aliphatic rings. The van der Waals surface area contributed by atoms with Gasteiger partial charge in [-0.3, -0.25) is 9.59 Å². The minimum Gasteiger partial charge on any atom is -0.360 e. The molecule has 7 heteroatoms. The van der Waals surface area contributed by atoms with Crippen LogP contribution in [0.1, 0.15) is 66.8 Å². The predicted octanol–water partition coefficient (Wildman–Crippen LogP) is 1.97. The molecule has 1 aromatic rings. The lowest BCUT2D eigenvalue weighted by Gasteiger charge is -2.27. The summed E-state index contributed by atoms with van der Waals surface area (Å²) in [7, 11) is 0. The number of likely N-dealkylation sites (tertiary alicyclic amines) is 1. The van der Waals surface area contributed by atoms with E-state index in [9.17, 15) is 9.59 Å². The number of nitrogens with zero attached hydrogens (tertiary/aromatic N) is 3. The molecule has 1 aromatic heterocycles. The Balaban J connectivity index is 1.32. The summed E-state index contributed by atoms with van der Waals surface area (Å²) in [6.07, 6.45) is 8.60. The van der Waals surface area contributed by atoms with Crippen molar-refractivity contribution in [2.45, 2.75) is 57.9 Å². The number of aromatic nitrogens is 1. The van der Waals surface area contributed by atoms with E-state index in [4.69, 9.17) is 4.52 Å². The third kappa shape index (κ3) is 4.34. The molecular formula is C20H30N4O3. The van der Waals surface area contributed by atoms with E-state index in [1.54, 1.807) is 0 Å². The maximum absolute atomic E-state index is 12.7. The number of nitrogens with one attached hydrogen (secondary N) is 1. The lowest BCUT2D eigenvalue weighted by Crippen LogP contribution is -2.38. The second kappa shape index (κ2) is 8.42. The monoisotopic (exact) mass is 374 g/mol. The van der Waals surface area contributed by atoms with Gasteiger partial charge in [0.15, 0.2) is 5.69 Å². The Morgan fingerprint density at radius 2 is 1.89 bits per heavy atom. The summed E-state index contributed by atoms with van der Waals surface area (Å²) in [6.45, 7) is 4.83. The Bertz CT molecular complexity index is 675. The van der Waals surface area contributed by atoms with E-state index in [-0.39, 0.29) is 11.8 Å². The fraction of sp³-hybridized carbons (Fsp3) is 0.750. The lowest BCUT2D eigenvalue weighted by atomic mass is 10.0. The SMILES string of the molecule is O=C(NCCN1CCCC1)c1noc2c1CN(C(=O)CC1CCCC1)CC2. The molecule has 148 valence electrons. The van der Waals surface area contributed by atoms with Gasteiger partial charge in [-0.15, -0.1) is 0 Å². The van der Waals surface area contributed by atoms with Crippen LogP contribution in [0.3, 0.4) is 0 Å². The van der Waals surface area contributed by atoms with E-state index in [2.05, 4.69) is 15.4 Å². The van der Waals surface area contributed by atoms with E-state index in [1.807, 2.05) is 4.90 Å². The van der Waals surface area contributed by atoms with Gasteiger partial charge in [0.1, 0.15) is 5.76 Å². The van der Waals surface area contributed by atoms with Crippen molar-refractivity contribution in [1.82, 2.24) is 20.3 Å². The summed E-state index contributed by atoms with van der Waals surface area (Å²) < 4.78 is 5.39. The highest BCUT2D eigenvalue weighted by Crippen LogP contribution is 2.29. The molecule has 1 N–H and O–H groups in total. The highest BCUT2D eigenvalue weighted by atomic mass is 16.5. The quantitative estimate of drug-likeness (QED) is 0.824. The van der Waals surface area contributed by atoms with Crippen molar-refractivity contribution in [3.05, 3.63) is 17.0 Å². The van der Waals surface area contributed by atoms with E-state index in [0.29, 0.717) is 44.1 Å². The van der Waals surface area contributed by atoms with Crippen LogP contribution in [0.5, 0.6) is 0 Å². The molecule has 27 heavy (non-hydrogen) atoms. The molecule has 0 radical (unpaired) electrons. The Morgan fingerprint density at radius 3 is 2.67 bits per heavy atom. The zero-order valence-corrected chi connectivity index (χ0v) is 16.0. The van der Waals surface area contributed by atoms with Gasteiger partial charge in [0, 0.05) is 38.0 Å². The van der Waals surface area contributed by atoms with Crippen LogP contribution in [0, 0.1) is 5.92 Å². The zero-order valence-electron chi connectivity index (χ0n) is 16.0. The minimum absolute atomic E-state index is 0.190. The van der Waals surface area contributed by atoms with E-state index in [0.717, 1.165) is 31.0 Å². The second-order valence-corrected chi connectivity index (χ2v) is 8.16. The largest absolute Gasteiger partial charge is 0.360 e. The van der Waals surface area contributed by atoms with Crippen molar-refractivity contribution in [3.8, 4) is 0 Å². The molecule has 7 nitrogen and oxygen atoms in total. The topological polar surface area (TPSA) is 78.7 Å². The van der Waals surface area contributed by atoms with Crippen LogP contribution >= 0.6 is 0 Å². The molecule has 4 rings (SSSR count). The van der Waals surface area contributed by atoms with Crippen molar-refractivity contribution >= 4 is 11.8 Å². The summed E-state index contributed by atoms with van der Waals surface area (Å²) in [4.78, 5) is 29.4. The minimum atomic E-state index is -0.190. The highest BCUT2D eigenvalue weighted by molar-refractivity contribution is 5.94. The van der Waals surface area contributed by atoms with Crippen LogP contribution < -0.4 is 5.32 Å². The molecule has 3 heterocycles. The van der Waals surface area contributed by atoms with Crippen LogP contribution in [0.15, 0.2) is 4.52 Å². The van der Waals surface area contributed by atoms with Crippen molar-refractivity contribution in [1.29, 1.82) is 0 Å². The van der Waals surface area contributed by atoms with Crippen molar-refractivity contribution in [2.24, 2.45) is 5.92 Å². The zero-order chi connectivity index (χ0) is 18.6. The number of fused-ring (bicyclic) bond motifs is 1. The van der Waals surface area contributed by atoms with Crippen molar-refractivity contribution < 1.29 is 14.1 Å². The standard InChI is InChI=1S/C20H30N4O3/c25-18(13-15-5-1-2-6-15)24-11-7-17-16(14-24)19(22-27-17)20(26)21-8-12-23-9-3-4-10-23/h15H,1-14H2,(H,21,26). The van der Waals surface area contributed by atoms with Crippen LogP contribution in [-0.2, 0) is 17.8 Å². The van der Waals surface area contributed by atoms with Gasteiger partial charge in [-0.1, -0.05) is 18.0 Å². The fourth-order valence-corrected chi connectivity index (χ4v) is 4.61. The molecule has 1 aliphatic carbocycles. The number of hydrogen-bond donors (Lipinski definition) is 1. The van der Waals surface area contributed by atoms with Crippen molar-refractivity contribution in [2.75, 3.05) is 32.7 Å². The third-order valence-electron chi connectivity index (χ3n) is 6.25. The van der Waals surface area contributed by atoms with Gasteiger partial charge >= 0.3 is 0 Å². The molecule has 0 spiro atoms. The number of carbonyl (C=O) groups is 2. The average molecular weight is 374 g/mol. The molecule has 1 saturated heterocycles. The second-order valence-electron chi connectivity index (χ2n) is 8.16. The highest BCUT2D eigenvalue weighted by Gasteiger charge is 2.31. The van der Waals surface area contributed by atoms with Crippen LogP contribution in [0.2, 0.25) is 0 Å². The molecule has 0 aromatic carbocycles. The molecule has 0 atom stereocenters. The molecule has 0 unspecified atom stereocenters. The summed E-state index contributed by atoms with van der Waals surface area (Å²) >= 11 is 0. The van der Waals surface area contributed by atoms with Gasteiger partial charge in [-0.25, -0.2) is 0 Å². The van der Waals surface area contributed by atoms with Gasteiger partial charge in [-0.05, 0) is 44.7 Å². The Hall–Kier alpha value is -1.89. The first-order valence-electron chi connectivity index (χ1n) is 10.5. The normalized spacial score (nSPS) is 20.8. The number of rotatable bonds is 6. The van der Waals surface area contributed by atoms with E-state index >= 15 is 0 Å². The summed E-state index contributed by atoms with van der Waals surface area (Å²) in [5.41, 5.74) is 1.14.